The Kier molecular flexibility index (Phi) is 5.84. The molecule has 29 heavy (non-hydrogen) atoms. The topological polar surface area (TPSA) is 85.7 Å². The minimum absolute atomic E-state index is 0.114. The van der Waals surface area contributed by atoms with Crippen LogP contribution >= 0.6 is 11.6 Å². The number of rotatable bonds is 4. The molecule has 156 valence electrons. The predicted molar refractivity (Wildman–Crippen MR) is 106 cm³/mol. The zero-order valence-corrected chi connectivity index (χ0v) is 17.5. The molecule has 0 N–H and O–H groups in total. The smallest absolute Gasteiger partial charge is 0.343 e. The van der Waals surface area contributed by atoms with Crippen LogP contribution in [0, 0.1) is 0 Å². The lowest BCUT2D eigenvalue weighted by Gasteiger charge is -2.34. The van der Waals surface area contributed by atoms with E-state index in [4.69, 9.17) is 11.6 Å². The first-order chi connectivity index (χ1) is 13.6. The van der Waals surface area contributed by atoms with Gasteiger partial charge in [-0.25, -0.2) is 17.6 Å². The molecule has 0 amide bonds. The highest BCUT2D eigenvalue weighted by atomic mass is 35.5. The molecule has 1 saturated heterocycles. The highest BCUT2D eigenvalue weighted by Gasteiger charge is 2.45. The number of hydrogen-bond donors (Lipinski definition) is 0. The standard InChI is InChI=1S/C19H20ClFN2O5S/c1-22-12-16(14(11-17(22)24)13-5-3-4-6-15(13)20)29(26,27)23-9-7-19(21,8-10-23)18(25)28-2/h3-6,11-12H,7-10H2,1-2H3. The van der Waals surface area contributed by atoms with Crippen LogP contribution < -0.4 is 5.56 Å². The number of methoxy groups -OCH3 is 1. The van der Waals surface area contributed by atoms with Crippen molar-refractivity contribution in [2.75, 3.05) is 20.2 Å². The number of sulfonamides is 1. The van der Waals surface area contributed by atoms with Crippen molar-refractivity contribution in [3.8, 4) is 11.1 Å². The molecule has 1 aromatic heterocycles. The summed E-state index contributed by atoms with van der Waals surface area (Å²) in [6.45, 7) is -0.391. The van der Waals surface area contributed by atoms with Gasteiger partial charge in [-0.15, -0.1) is 0 Å². The summed E-state index contributed by atoms with van der Waals surface area (Å²) < 4.78 is 48.1. The van der Waals surface area contributed by atoms with Gasteiger partial charge in [-0.2, -0.15) is 4.31 Å². The number of esters is 1. The third-order valence-corrected chi connectivity index (χ3v) is 7.30. The molecule has 0 saturated carbocycles. The van der Waals surface area contributed by atoms with E-state index >= 15 is 0 Å². The van der Waals surface area contributed by atoms with Gasteiger partial charge in [0.2, 0.25) is 15.7 Å². The van der Waals surface area contributed by atoms with Crippen LogP contribution in [0.1, 0.15) is 12.8 Å². The number of hydrogen-bond acceptors (Lipinski definition) is 5. The number of aryl methyl sites for hydroxylation is 1. The van der Waals surface area contributed by atoms with Crippen molar-refractivity contribution in [2.24, 2.45) is 7.05 Å². The molecule has 0 aliphatic carbocycles. The van der Waals surface area contributed by atoms with Crippen molar-refractivity contribution in [1.29, 1.82) is 0 Å². The van der Waals surface area contributed by atoms with Crippen molar-refractivity contribution in [2.45, 2.75) is 23.4 Å². The fourth-order valence-corrected chi connectivity index (χ4v) is 5.23. The second-order valence-electron chi connectivity index (χ2n) is 6.84. The van der Waals surface area contributed by atoms with E-state index < -0.39 is 27.2 Å². The van der Waals surface area contributed by atoms with Gasteiger partial charge in [0.1, 0.15) is 4.90 Å². The second-order valence-corrected chi connectivity index (χ2v) is 9.15. The van der Waals surface area contributed by atoms with Gasteiger partial charge in [0.25, 0.3) is 5.56 Å². The van der Waals surface area contributed by atoms with Crippen molar-refractivity contribution in [3.63, 3.8) is 0 Å². The summed E-state index contributed by atoms with van der Waals surface area (Å²) in [6, 6.07) is 7.81. The van der Waals surface area contributed by atoms with E-state index in [0.717, 1.165) is 16.0 Å². The van der Waals surface area contributed by atoms with Crippen LogP contribution in [0.25, 0.3) is 11.1 Å². The number of carbonyl (C=O) groups excluding carboxylic acids is 1. The Morgan fingerprint density at radius 1 is 1.21 bits per heavy atom. The Morgan fingerprint density at radius 3 is 2.41 bits per heavy atom. The lowest BCUT2D eigenvalue weighted by Crippen LogP contribution is -2.48. The largest absolute Gasteiger partial charge is 0.467 e. The van der Waals surface area contributed by atoms with Gasteiger partial charge in [-0.1, -0.05) is 29.8 Å². The van der Waals surface area contributed by atoms with Crippen molar-refractivity contribution in [1.82, 2.24) is 8.87 Å². The van der Waals surface area contributed by atoms with Gasteiger partial charge in [0.05, 0.1) is 7.11 Å². The molecule has 0 radical (unpaired) electrons. The van der Waals surface area contributed by atoms with Crippen molar-refractivity contribution < 1.29 is 22.3 Å². The Labute approximate surface area is 172 Å². The Morgan fingerprint density at radius 2 is 1.83 bits per heavy atom. The highest BCUT2D eigenvalue weighted by Crippen LogP contribution is 2.35. The maximum atomic E-state index is 14.7. The third-order valence-electron chi connectivity index (χ3n) is 5.04. The molecule has 1 aliphatic heterocycles. The van der Waals surface area contributed by atoms with Crippen LogP contribution in [0.2, 0.25) is 5.02 Å². The van der Waals surface area contributed by atoms with Crippen LogP contribution in [0.3, 0.4) is 0 Å². The van der Waals surface area contributed by atoms with Crippen molar-refractivity contribution >= 4 is 27.6 Å². The molecule has 10 heteroatoms. The number of ether oxygens (including phenoxy) is 1. The summed E-state index contributed by atoms with van der Waals surface area (Å²) in [4.78, 5) is 23.7. The lowest BCUT2D eigenvalue weighted by molar-refractivity contribution is -0.157. The van der Waals surface area contributed by atoms with Gasteiger partial charge in [-0.05, 0) is 6.07 Å². The second kappa shape index (κ2) is 7.89. The summed E-state index contributed by atoms with van der Waals surface area (Å²) >= 11 is 6.23. The number of carbonyl (C=O) groups is 1. The molecule has 2 aromatic rings. The first kappa shape index (κ1) is 21.5. The zero-order valence-electron chi connectivity index (χ0n) is 15.9. The number of alkyl halides is 1. The van der Waals surface area contributed by atoms with Crippen LogP contribution in [0.5, 0.6) is 0 Å². The van der Waals surface area contributed by atoms with E-state index in [-0.39, 0.29) is 36.4 Å². The van der Waals surface area contributed by atoms with Gasteiger partial charge in [0, 0.05) is 61.4 Å². The molecule has 3 rings (SSSR count). The van der Waals surface area contributed by atoms with E-state index in [0.29, 0.717) is 10.6 Å². The molecule has 0 spiro atoms. The number of piperidine rings is 1. The number of pyridine rings is 1. The molecule has 7 nitrogen and oxygen atoms in total. The minimum atomic E-state index is -4.08. The van der Waals surface area contributed by atoms with E-state index in [1.807, 2.05) is 0 Å². The lowest BCUT2D eigenvalue weighted by atomic mass is 9.95. The fourth-order valence-electron chi connectivity index (χ4n) is 3.31. The normalized spacial score (nSPS) is 17.1. The van der Waals surface area contributed by atoms with Crippen LogP contribution in [0.15, 0.2) is 46.2 Å². The van der Waals surface area contributed by atoms with Crippen LogP contribution in [-0.2, 0) is 26.6 Å². The molecular weight excluding hydrogens is 423 g/mol. The average Bonchev–Trinajstić information content (AvgIpc) is 2.69. The number of nitrogens with zero attached hydrogens (tertiary/aromatic N) is 2. The molecular formula is C19H20ClFN2O5S. The number of aromatic nitrogens is 1. The van der Waals surface area contributed by atoms with Gasteiger partial charge >= 0.3 is 5.97 Å². The van der Waals surface area contributed by atoms with Gasteiger partial charge in [-0.3, -0.25) is 4.79 Å². The molecule has 0 atom stereocenters. The predicted octanol–water partition coefficient (Wildman–Crippen LogP) is 2.37. The maximum absolute atomic E-state index is 14.7. The Hall–Kier alpha value is -2.23. The number of halogens is 2. The molecule has 1 aliphatic rings. The van der Waals surface area contributed by atoms with Crippen LogP contribution in [0.4, 0.5) is 4.39 Å². The quantitative estimate of drug-likeness (QED) is 0.678. The van der Waals surface area contributed by atoms with E-state index in [1.54, 1.807) is 24.3 Å². The van der Waals surface area contributed by atoms with Gasteiger partial charge in [0.15, 0.2) is 0 Å². The molecule has 0 bridgehead atoms. The molecule has 1 aromatic carbocycles. The van der Waals surface area contributed by atoms with Gasteiger partial charge < -0.3 is 9.30 Å². The minimum Gasteiger partial charge on any atom is -0.467 e. The number of benzene rings is 1. The highest BCUT2D eigenvalue weighted by molar-refractivity contribution is 7.89. The monoisotopic (exact) mass is 442 g/mol. The Bertz CT molecular complexity index is 1110. The Balaban J connectivity index is 2.04. The summed E-state index contributed by atoms with van der Waals surface area (Å²) in [5.74, 6) is -1.01. The van der Waals surface area contributed by atoms with E-state index in [2.05, 4.69) is 4.74 Å². The summed E-state index contributed by atoms with van der Waals surface area (Å²) in [5, 5.41) is 0.296. The summed E-state index contributed by atoms with van der Waals surface area (Å²) in [6.07, 6.45) is 0.603. The van der Waals surface area contributed by atoms with E-state index in [9.17, 15) is 22.4 Å². The fraction of sp³-hybridized carbons (Fsp3) is 0.368. The summed E-state index contributed by atoms with van der Waals surface area (Å²) in [7, 11) is -1.55. The third kappa shape index (κ3) is 3.94. The SMILES string of the molecule is COC(=O)C1(F)CCN(S(=O)(=O)c2cn(C)c(=O)cc2-c2ccccc2Cl)CC1. The van der Waals surface area contributed by atoms with Crippen molar-refractivity contribution in [3.05, 3.63) is 51.9 Å². The average molecular weight is 443 g/mol. The summed E-state index contributed by atoms with van der Waals surface area (Å²) in [5.41, 5.74) is -2.04. The first-order valence-corrected chi connectivity index (χ1v) is 10.6. The van der Waals surface area contributed by atoms with E-state index in [1.165, 1.54) is 19.3 Å². The zero-order chi connectivity index (χ0) is 21.4. The molecule has 2 heterocycles. The molecule has 1 fully saturated rings. The first-order valence-electron chi connectivity index (χ1n) is 8.83. The van der Waals surface area contributed by atoms with Crippen LogP contribution in [-0.4, -0.2) is 49.1 Å². The maximum Gasteiger partial charge on any atom is 0.343 e. The molecule has 0 unspecified atom stereocenters.